The van der Waals surface area contributed by atoms with Gasteiger partial charge in [0.05, 0.1) is 12.7 Å². The van der Waals surface area contributed by atoms with Gasteiger partial charge in [-0.3, -0.25) is 14.5 Å². The highest BCUT2D eigenvalue weighted by Crippen LogP contribution is 2.40. The van der Waals surface area contributed by atoms with Crippen molar-refractivity contribution in [3.63, 3.8) is 0 Å². The second-order valence-corrected chi connectivity index (χ2v) is 9.76. The minimum atomic E-state index is -3.08. The molecule has 1 fully saturated rings. The molecule has 1 aliphatic rings. The summed E-state index contributed by atoms with van der Waals surface area (Å²) < 4.78 is 49.7. The normalized spacial score (nSPS) is 17.3. The number of aromatic nitrogens is 2. The first-order chi connectivity index (χ1) is 18.4. The number of rotatable bonds is 8. The number of nitrogens with zero attached hydrogens (tertiary/aromatic N) is 3. The average Bonchev–Trinajstić information content (AvgIpc) is 3.24. The van der Waals surface area contributed by atoms with Gasteiger partial charge in [0.1, 0.15) is 34.7 Å². The van der Waals surface area contributed by atoms with Crippen LogP contribution in [0.4, 0.5) is 19.0 Å². The predicted molar refractivity (Wildman–Crippen MR) is 140 cm³/mol. The number of methoxy groups -OCH3 is 1. The highest BCUT2D eigenvalue weighted by molar-refractivity contribution is 6.03. The molecule has 0 radical (unpaired) electrons. The molecule has 0 saturated carbocycles. The van der Waals surface area contributed by atoms with E-state index in [9.17, 15) is 22.8 Å². The maximum atomic E-state index is 15.0. The quantitative estimate of drug-likeness (QED) is 0.398. The zero-order chi connectivity index (χ0) is 28.5. The smallest absolute Gasteiger partial charge is 0.272 e. The van der Waals surface area contributed by atoms with Crippen LogP contribution in [0.3, 0.4) is 0 Å². The number of carbonyl (C=O) groups excluding carboxylic acids is 2. The number of nitrogens with two attached hydrogens (primary N) is 2. The Bertz CT molecular complexity index is 1370. The van der Waals surface area contributed by atoms with Crippen LogP contribution in [0.2, 0.25) is 0 Å². The van der Waals surface area contributed by atoms with Gasteiger partial charge in [-0.05, 0) is 37.6 Å². The molecule has 1 unspecified atom stereocenters. The molecule has 2 heterocycles. The maximum Gasteiger partial charge on any atom is 0.272 e. The Balaban J connectivity index is 1.58. The SMILES string of the molecule is COc1ccc(F)cc1C(=O)NCc1ccc(-c2nn(C3CN(C(C)C)CCC3(F)F)c(N)c2C(N)=O)cc1. The number of nitrogen functional groups attached to an aromatic ring is 1. The number of ether oxygens (including phenoxy) is 1. The molecule has 0 aliphatic carbocycles. The Hall–Kier alpha value is -4.06. The standard InChI is InChI=1S/C27H31F3N6O3/c1-15(2)35-11-10-27(29,30)21(14-35)36-24(31)22(25(32)37)23(34-36)17-6-4-16(5-7-17)13-33-26(38)19-12-18(28)8-9-20(19)39-3/h4-9,12,15,21H,10-11,13-14,31H2,1-3H3,(H2,32,37)(H,33,38). The summed E-state index contributed by atoms with van der Waals surface area (Å²) in [5.41, 5.74) is 12.9. The summed E-state index contributed by atoms with van der Waals surface area (Å²) in [4.78, 5) is 26.8. The summed E-state index contributed by atoms with van der Waals surface area (Å²) in [7, 11) is 1.38. The van der Waals surface area contributed by atoms with Gasteiger partial charge in [0.25, 0.3) is 17.7 Å². The van der Waals surface area contributed by atoms with Crippen LogP contribution < -0.4 is 21.5 Å². The van der Waals surface area contributed by atoms with Crippen molar-refractivity contribution in [2.45, 2.75) is 44.8 Å². The molecule has 3 aromatic rings. The third kappa shape index (κ3) is 5.70. The summed E-state index contributed by atoms with van der Waals surface area (Å²) >= 11 is 0. The minimum Gasteiger partial charge on any atom is -0.496 e. The fraction of sp³-hybridized carbons (Fsp3) is 0.370. The van der Waals surface area contributed by atoms with Gasteiger partial charge in [0.15, 0.2) is 0 Å². The van der Waals surface area contributed by atoms with Gasteiger partial charge in [-0.25, -0.2) is 17.9 Å². The average molecular weight is 545 g/mol. The van der Waals surface area contributed by atoms with E-state index in [1.54, 1.807) is 24.3 Å². The van der Waals surface area contributed by atoms with Crippen molar-refractivity contribution in [3.05, 3.63) is 65.0 Å². The van der Waals surface area contributed by atoms with Crippen molar-refractivity contribution in [1.29, 1.82) is 0 Å². The minimum absolute atomic E-state index is 0.0168. The zero-order valence-corrected chi connectivity index (χ0v) is 21.9. The Kier molecular flexibility index (Phi) is 7.86. The lowest BCUT2D eigenvalue weighted by molar-refractivity contribution is -0.105. The third-order valence-electron chi connectivity index (χ3n) is 6.93. The number of nitrogens with one attached hydrogen (secondary N) is 1. The third-order valence-corrected chi connectivity index (χ3v) is 6.93. The first-order valence-corrected chi connectivity index (χ1v) is 12.4. The largest absolute Gasteiger partial charge is 0.496 e. The lowest BCUT2D eigenvalue weighted by atomic mass is 9.99. The van der Waals surface area contributed by atoms with Crippen molar-refractivity contribution < 1.29 is 27.5 Å². The highest BCUT2D eigenvalue weighted by atomic mass is 19.3. The number of hydrogen-bond donors (Lipinski definition) is 3. The number of carbonyl (C=O) groups is 2. The molecule has 208 valence electrons. The summed E-state index contributed by atoms with van der Waals surface area (Å²) in [6.07, 6.45) is -0.363. The monoisotopic (exact) mass is 544 g/mol. The predicted octanol–water partition coefficient (Wildman–Crippen LogP) is 3.60. The number of primary amides is 1. The van der Waals surface area contributed by atoms with E-state index in [4.69, 9.17) is 16.2 Å². The molecule has 4 rings (SSSR count). The number of halogens is 3. The lowest BCUT2D eigenvalue weighted by Crippen LogP contribution is -2.50. The number of likely N-dealkylation sites (tertiary alicyclic amines) is 1. The molecule has 2 amide bonds. The van der Waals surface area contributed by atoms with Crippen LogP contribution in [-0.4, -0.2) is 58.7 Å². The number of alkyl halides is 2. The van der Waals surface area contributed by atoms with E-state index < -0.39 is 29.6 Å². The first kappa shape index (κ1) is 28.0. The van der Waals surface area contributed by atoms with E-state index in [1.165, 1.54) is 19.2 Å². The Labute approximate surface area is 223 Å². The van der Waals surface area contributed by atoms with Gasteiger partial charge in [-0.15, -0.1) is 0 Å². The molecule has 39 heavy (non-hydrogen) atoms. The molecule has 9 nitrogen and oxygen atoms in total. The Morgan fingerprint density at radius 1 is 1.21 bits per heavy atom. The number of amides is 2. The zero-order valence-electron chi connectivity index (χ0n) is 21.9. The van der Waals surface area contributed by atoms with Gasteiger partial charge in [0, 0.05) is 37.7 Å². The van der Waals surface area contributed by atoms with Gasteiger partial charge in [0.2, 0.25) is 0 Å². The maximum absolute atomic E-state index is 15.0. The molecular weight excluding hydrogens is 513 g/mol. The van der Waals surface area contributed by atoms with E-state index in [-0.39, 0.29) is 60.5 Å². The fourth-order valence-corrected chi connectivity index (χ4v) is 4.68. The molecular formula is C27H31F3N6O3. The van der Waals surface area contributed by atoms with Crippen LogP contribution >= 0.6 is 0 Å². The number of benzene rings is 2. The topological polar surface area (TPSA) is 128 Å². The van der Waals surface area contributed by atoms with Gasteiger partial charge >= 0.3 is 0 Å². The molecule has 1 saturated heterocycles. The van der Waals surface area contributed by atoms with E-state index in [0.29, 0.717) is 11.1 Å². The van der Waals surface area contributed by atoms with E-state index in [2.05, 4.69) is 10.4 Å². The number of anilines is 1. The van der Waals surface area contributed by atoms with Crippen LogP contribution in [0, 0.1) is 5.82 Å². The van der Waals surface area contributed by atoms with Gasteiger partial charge in [-0.2, -0.15) is 5.10 Å². The van der Waals surface area contributed by atoms with Crippen LogP contribution in [0.5, 0.6) is 5.75 Å². The molecule has 1 aromatic heterocycles. The molecule has 0 bridgehead atoms. The molecule has 1 aliphatic heterocycles. The molecule has 1 atom stereocenters. The van der Waals surface area contributed by atoms with Crippen LogP contribution in [0.25, 0.3) is 11.3 Å². The van der Waals surface area contributed by atoms with E-state index in [1.807, 2.05) is 18.7 Å². The molecule has 0 spiro atoms. The second kappa shape index (κ2) is 11.0. The van der Waals surface area contributed by atoms with Crippen molar-refractivity contribution in [3.8, 4) is 17.0 Å². The summed E-state index contributed by atoms with van der Waals surface area (Å²) in [6.45, 7) is 4.21. The fourth-order valence-electron chi connectivity index (χ4n) is 4.68. The Morgan fingerprint density at radius 3 is 2.51 bits per heavy atom. The van der Waals surface area contributed by atoms with Crippen molar-refractivity contribution in [2.75, 3.05) is 25.9 Å². The summed E-state index contributed by atoms with van der Waals surface area (Å²) in [5.74, 6) is -5.04. The van der Waals surface area contributed by atoms with Crippen molar-refractivity contribution in [2.24, 2.45) is 5.73 Å². The van der Waals surface area contributed by atoms with Gasteiger partial charge < -0.3 is 21.5 Å². The number of piperidine rings is 1. The summed E-state index contributed by atoms with van der Waals surface area (Å²) in [6, 6.07) is 8.93. The van der Waals surface area contributed by atoms with Crippen LogP contribution in [0.1, 0.15) is 52.6 Å². The molecule has 12 heteroatoms. The van der Waals surface area contributed by atoms with Crippen molar-refractivity contribution in [1.82, 2.24) is 20.0 Å². The summed E-state index contributed by atoms with van der Waals surface area (Å²) in [5, 5.41) is 7.05. The second-order valence-electron chi connectivity index (χ2n) is 9.76. The highest BCUT2D eigenvalue weighted by Gasteiger charge is 2.47. The number of hydrogen-bond acceptors (Lipinski definition) is 6. The lowest BCUT2D eigenvalue weighted by Gasteiger charge is -2.40. The van der Waals surface area contributed by atoms with Gasteiger partial charge in [-0.1, -0.05) is 24.3 Å². The van der Waals surface area contributed by atoms with Crippen molar-refractivity contribution >= 4 is 17.6 Å². The van der Waals surface area contributed by atoms with E-state index >= 15 is 0 Å². The molecule has 2 aromatic carbocycles. The Morgan fingerprint density at radius 2 is 1.90 bits per heavy atom. The van der Waals surface area contributed by atoms with E-state index in [0.717, 1.165) is 10.7 Å². The van der Waals surface area contributed by atoms with Crippen LogP contribution in [0.15, 0.2) is 42.5 Å². The first-order valence-electron chi connectivity index (χ1n) is 12.4. The molecule has 5 N–H and O–H groups in total. The van der Waals surface area contributed by atoms with Crippen LogP contribution in [-0.2, 0) is 6.54 Å².